The van der Waals surface area contributed by atoms with Crippen molar-refractivity contribution in [1.29, 1.82) is 0 Å². The lowest BCUT2D eigenvalue weighted by atomic mass is 10.2. The zero-order chi connectivity index (χ0) is 17.7. The van der Waals surface area contributed by atoms with E-state index in [4.69, 9.17) is 27.9 Å². The van der Waals surface area contributed by atoms with E-state index in [1.165, 1.54) is 7.11 Å². The Bertz CT molecular complexity index is 778. The van der Waals surface area contributed by atoms with Crippen LogP contribution in [0.3, 0.4) is 0 Å². The maximum Gasteiger partial charge on any atom is 0.233 e. The first-order valence-corrected chi connectivity index (χ1v) is 7.84. The number of ether oxygens (including phenoxy) is 1. The molecule has 0 fully saturated rings. The highest BCUT2D eigenvalue weighted by Gasteiger charge is 2.11. The van der Waals surface area contributed by atoms with Crippen LogP contribution < -0.4 is 15.4 Å². The maximum absolute atomic E-state index is 11.9. The van der Waals surface area contributed by atoms with Crippen molar-refractivity contribution in [2.75, 3.05) is 17.7 Å². The van der Waals surface area contributed by atoms with E-state index in [1.54, 1.807) is 36.4 Å². The summed E-state index contributed by atoms with van der Waals surface area (Å²) in [5.74, 6) is -0.386. The zero-order valence-electron chi connectivity index (χ0n) is 13.2. The molecule has 2 N–H and O–H groups in total. The molecule has 0 saturated heterocycles. The van der Waals surface area contributed by atoms with E-state index >= 15 is 0 Å². The van der Waals surface area contributed by atoms with Crippen LogP contribution in [0.25, 0.3) is 0 Å². The Hall–Kier alpha value is -2.24. The van der Waals surface area contributed by atoms with Crippen molar-refractivity contribution in [3.63, 3.8) is 0 Å². The molecule has 0 aliphatic rings. The van der Waals surface area contributed by atoms with Gasteiger partial charge < -0.3 is 15.4 Å². The normalized spacial score (nSPS) is 10.2. The molecule has 2 aromatic rings. The lowest BCUT2D eigenvalue weighted by molar-refractivity contribution is -0.123. The Morgan fingerprint density at radius 3 is 2.00 bits per heavy atom. The summed E-state index contributed by atoms with van der Waals surface area (Å²) >= 11 is 12.0. The first kappa shape index (κ1) is 18.1. The van der Waals surface area contributed by atoms with E-state index < -0.39 is 11.8 Å². The van der Waals surface area contributed by atoms with Crippen molar-refractivity contribution >= 4 is 46.4 Å². The number of benzene rings is 2. The van der Waals surface area contributed by atoms with Gasteiger partial charge in [0.15, 0.2) is 0 Å². The minimum absolute atomic E-state index is 0.324. The SMILES string of the molecule is COc1ccc(NC(=O)CC(=O)Nc2ccc(C)c(Cl)c2)cc1Cl. The zero-order valence-corrected chi connectivity index (χ0v) is 14.7. The highest BCUT2D eigenvalue weighted by Crippen LogP contribution is 2.27. The fraction of sp³-hybridized carbons (Fsp3) is 0.176. The number of anilines is 2. The molecule has 0 heterocycles. The topological polar surface area (TPSA) is 67.4 Å². The maximum atomic E-state index is 11.9. The Labute approximate surface area is 149 Å². The van der Waals surface area contributed by atoms with Crippen LogP contribution in [0.4, 0.5) is 11.4 Å². The molecular weight excluding hydrogens is 351 g/mol. The smallest absolute Gasteiger partial charge is 0.233 e. The van der Waals surface area contributed by atoms with Gasteiger partial charge >= 0.3 is 0 Å². The van der Waals surface area contributed by atoms with Gasteiger partial charge in [-0.25, -0.2) is 0 Å². The fourth-order valence-electron chi connectivity index (χ4n) is 1.97. The summed E-state index contributed by atoms with van der Waals surface area (Å²) < 4.78 is 5.03. The van der Waals surface area contributed by atoms with E-state index in [0.29, 0.717) is 27.2 Å². The average Bonchev–Trinajstić information content (AvgIpc) is 2.51. The molecule has 24 heavy (non-hydrogen) atoms. The Morgan fingerprint density at radius 2 is 1.50 bits per heavy atom. The van der Waals surface area contributed by atoms with Crippen molar-refractivity contribution in [2.45, 2.75) is 13.3 Å². The number of carbonyl (C=O) groups is 2. The number of hydrogen-bond donors (Lipinski definition) is 2. The first-order valence-electron chi connectivity index (χ1n) is 7.08. The van der Waals surface area contributed by atoms with Crippen LogP contribution in [0.2, 0.25) is 10.0 Å². The quantitative estimate of drug-likeness (QED) is 0.776. The molecule has 2 aromatic carbocycles. The fourth-order valence-corrected chi connectivity index (χ4v) is 2.41. The third-order valence-electron chi connectivity index (χ3n) is 3.21. The lowest BCUT2D eigenvalue weighted by Crippen LogP contribution is -2.21. The molecule has 7 heteroatoms. The summed E-state index contributed by atoms with van der Waals surface area (Å²) in [6.07, 6.45) is -0.324. The van der Waals surface area contributed by atoms with Crippen molar-refractivity contribution < 1.29 is 14.3 Å². The summed E-state index contributed by atoms with van der Waals surface area (Å²) in [5, 5.41) is 6.15. The predicted molar refractivity (Wildman–Crippen MR) is 96.1 cm³/mol. The third-order valence-corrected chi connectivity index (χ3v) is 3.91. The van der Waals surface area contributed by atoms with Gasteiger partial charge in [-0.05, 0) is 42.8 Å². The van der Waals surface area contributed by atoms with Crippen molar-refractivity contribution in [1.82, 2.24) is 0 Å². The summed E-state index contributed by atoms with van der Waals surface area (Å²) in [6, 6.07) is 9.97. The number of amides is 2. The van der Waals surface area contributed by atoms with Gasteiger partial charge in [0.1, 0.15) is 12.2 Å². The molecular formula is C17H16Cl2N2O3. The number of methoxy groups -OCH3 is 1. The molecule has 0 aliphatic heterocycles. The highest BCUT2D eigenvalue weighted by atomic mass is 35.5. The van der Waals surface area contributed by atoms with Crippen molar-refractivity contribution in [3.05, 3.63) is 52.0 Å². The van der Waals surface area contributed by atoms with E-state index in [-0.39, 0.29) is 6.42 Å². The van der Waals surface area contributed by atoms with Crippen LogP contribution in [0.15, 0.2) is 36.4 Å². The molecule has 0 unspecified atom stereocenters. The number of hydrogen-bond acceptors (Lipinski definition) is 3. The second-order valence-electron chi connectivity index (χ2n) is 5.09. The Morgan fingerprint density at radius 1 is 0.958 bits per heavy atom. The van der Waals surface area contributed by atoms with Gasteiger partial charge in [0.25, 0.3) is 0 Å². The number of nitrogens with one attached hydrogen (secondary N) is 2. The van der Waals surface area contributed by atoms with E-state index in [1.807, 2.05) is 6.92 Å². The number of aryl methyl sites for hydroxylation is 1. The molecule has 0 atom stereocenters. The average molecular weight is 367 g/mol. The molecule has 0 radical (unpaired) electrons. The van der Waals surface area contributed by atoms with Crippen LogP contribution in [0.1, 0.15) is 12.0 Å². The summed E-state index contributed by atoms with van der Waals surface area (Å²) in [6.45, 7) is 1.86. The van der Waals surface area contributed by atoms with Crippen LogP contribution in [-0.2, 0) is 9.59 Å². The molecule has 0 aromatic heterocycles. The van der Waals surface area contributed by atoms with Crippen molar-refractivity contribution in [3.8, 4) is 5.75 Å². The van der Waals surface area contributed by atoms with E-state index in [9.17, 15) is 9.59 Å². The van der Waals surface area contributed by atoms with Crippen molar-refractivity contribution in [2.24, 2.45) is 0 Å². The molecule has 5 nitrogen and oxygen atoms in total. The summed E-state index contributed by atoms with van der Waals surface area (Å²) in [7, 11) is 1.50. The Kier molecular flexibility index (Phi) is 6.06. The lowest BCUT2D eigenvalue weighted by Gasteiger charge is -2.09. The number of carbonyl (C=O) groups excluding carboxylic acids is 2. The molecule has 126 valence electrons. The monoisotopic (exact) mass is 366 g/mol. The standard InChI is InChI=1S/C17H16Cl2N2O3/c1-10-3-4-11(7-13(10)18)20-16(22)9-17(23)21-12-5-6-15(24-2)14(19)8-12/h3-8H,9H2,1-2H3,(H,20,22)(H,21,23). The Balaban J connectivity index is 1.92. The van der Waals surface area contributed by atoms with Gasteiger partial charge in [-0.15, -0.1) is 0 Å². The van der Waals surface area contributed by atoms with Gasteiger partial charge in [-0.3, -0.25) is 9.59 Å². The van der Waals surface area contributed by atoms with E-state index in [2.05, 4.69) is 10.6 Å². The molecule has 0 saturated carbocycles. The van der Waals surface area contributed by atoms with Crippen LogP contribution in [-0.4, -0.2) is 18.9 Å². The number of rotatable bonds is 5. The van der Waals surface area contributed by atoms with Gasteiger partial charge in [-0.1, -0.05) is 29.3 Å². The summed E-state index contributed by atoms with van der Waals surface area (Å²) in [5.41, 5.74) is 1.93. The van der Waals surface area contributed by atoms with Crippen LogP contribution >= 0.6 is 23.2 Å². The summed E-state index contributed by atoms with van der Waals surface area (Å²) in [4.78, 5) is 23.8. The van der Waals surface area contributed by atoms with E-state index in [0.717, 1.165) is 5.56 Å². The minimum atomic E-state index is -0.452. The first-order chi connectivity index (χ1) is 11.4. The molecule has 2 amide bonds. The number of halogens is 2. The molecule has 0 aliphatic carbocycles. The molecule has 2 rings (SSSR count). The predicted octanol–water partition coefficient (Wildman–Crippen LogP) is 4.28. The third kappa shape index (κ3) is 4.88. The second kappa shape index (κ2) is 8.04. The second-order valence-corrected chi connectivity index (χ2v) is 5.90. The van der Waals surface area contributed by atoms with Crippen LogP contribution in [0.5, 0.6) is 5.75 Å². The highest BCUT2D eigenvalue weighted by molar-refractivity contribution is 6.32. The minimum Gasteiger partial charge on any atom is -0.495 e. The molecule has 0 bridgehead atoms. The van der Waals surface area contributed by atoms with Gasteiger partial charge in [0.2, 0.25) is 11.8 Å². The van der Waals surface area contributed by atoms with Gasteiger partial charge in [-0.2, -0.15) is 0 Å². The molecule has 0 spiro atoms. The largest absolute Gasteiger partial charge is 0.495 e. The van der Waals surface area contributed by atoms with Gasteiger partial charge in [0, 0.05) is 16.4 Å². The van der Waals surface area contributed by atoms with Gasteiger partial charge in [0.05, 0.1) is 12.1 Å². The van der Waals surface area contributed by atoms with Crippen LogP contribution in [0, 0.1) is 6.92 Å².